The van der Waals surface area contributed by atoms with Crippen LogP contribution in [-0.4, -0.2) is 61.4 Å². The lowest BCUT2D eigenvalue weighted by Crippen LogP contribution is -2.29. The van der Waals surface area contributed by atoms with E-state index in [1.807, 2.05) is 19.1 Å². The van der Waals surface area contributed by atoms with Crippen molar-refractivity contribution in [1.82, 2.24) is 15.2 Å². The van der Waals surface area contributed by atoms with E-state index in [1.165, 1.54) is 17.7 Å². The molecule has 28 heavy (non-hydrogen) atoms. The Labute approximate surface area is 165 Å². The van der Waals surface area contributed by atoms with Gasteiger partial charge in [-0.15, -0.1) is 0 Å². The van der Waals surface area contributed by atoms with Crippen LogP contribution in [0.15, 0.2) is 12.1 Å². The number of ether oxygens (including phenoxy) is 1. The summed E-state index contributed by atoms with van der Waals surface area (Å²) in [4.78, 5) is 27.2. The number of imide groups is 1. The third kappa shape index (κ3) is 6.25. The van der Waals surface area contributed by atoms with E-state index in [2.05, 4.69) is 10.3 Å². The van der Waals surface area contributed by atoms with Gasteiger partial charge in [0.2, 0.25) is 5.91 Å². The van der Waals surface area contributed by atoms with Crippen LogP contribution >= 0.6 is 0 Å². The number of carbonyl (C=O) groups excluding carboxylic acids is 2. The maximum Gasteiger partial charge on any atom is 0.324 e. The molecule has 0 aromatic carbocycles. The second-order valence-corrected chi connectivity index (χ2v) is 10.1. The van der Waals surface area contributed by atoms with Gasteiger partial charge in [0.25, 0.3) is 0 Å². The van der Waals surface area contributed by atoms with Gasteiger partial charge in [0.15, 0.2) is 15.7 Å². The summed E-state index contributed by atoms with van der Waals surface area (Å²) in [5.41, 5.74) is 0.874. The van der Waals surface area contributed by atoms with Crippen LogP contribution in [0.3, 0.4) is 0 Å². The summed E-state index contributed by atoms with van der Waals surface area (Å²) in [7, 11) is -3.16. The highest BCUT2D eigenvalue weighted by atomic mass is 32.2. The maximum absolute atomic E-state index is 12.4. The summed E-state index contributed by atoms with van der Waals surface area (Å²) in [6, 6.07) is 3.39. The Morgan fingerprint density at radius 1 is 1.21 bits per heavy atom. The van der Waals surface area contributed by atoms with Gasteiger partial charge in [-0.05, 0) is 43.7 Å². The molecule has 3 rings (SSSR count). The number of H-pyrrole nitrogens is 1. The second-order valence-electron chi connectivity index (χ2n) is 7.88. The molecule has 1 aromatic heterocycles. The number of sulfone groups is 1. The fourth-order valence-electron chi connectivity index (χ4n) is 3.27. The van der Waals surface area contributed by atoms with Crippen molar-refractivity contribution in [2.45, 2.75) is 44.9 Å². The summed E-state index contributed by atoms with van der Waals surface area (Å²) < 4.78 is 30.5. The summed E-state index contributed by atoms with van der Waals surface area (Å²) in [6.07, 6.45) is 4.40. The lowest BCUT2D eigenvalue weighted by molar-refractivity contribution is -0.118. The number of nitrogens with one attached hydrogen (secondary N) is 2. The lowest BCUT2D eigenvalue weighted by Gasteiger charge is -2.13. The van der Waals surface area contributed by atoms with Crippen LogP contribution in [-0.2, 0) is 14.6 Å². The molecule has 2 aliphatic rings. The van der Waals surface area contributed by atoms with Gasteiger partial charge in [-0.1, -0.05) is 13.3 Å². The van der Waals surface area contributed by atoms with Crippen LogP contribution in [0.5, 0.6) is 5.88 Å². The average Bonchev–Trinajstić information content (AvgIpc) is 3.23. The van der Waals surface area contributed by atoms with Gasteiger partial charge >= 0.3 is 6.03 Å². The number of carbonyl (C=O) groups is 2. The first-order valence-corrected chi connectivity index (χ1v) is 11.8. The normalized spacial score (nSPS) is 18.4. The van der Waals surface area contributed by atoms with Crippen molar-refractivity contribution >= 4 is 21.8 Å². The Morgan fingerprint density at radius 3 is 2.68 bits per heavy atom. The van der Waals surface area contributed by atoms with Crippen molar-refractivity contribution in [3.63, 3.8) is 0 Å². The molecule has 1 aliphatic heterocycles. The minimum Gasteiger partial charge on any atom is -0.479 e. The van der Waals surface area contributed by atoms with Crippen LogP contribution in [0.2, 0.25) is 0 Å². The van der Waals surface area contributed by atoms with E-state index in [0.29, 0.717) is 37.6 Å². The van der Waals surface area contributed by atoms with Crippen LogP contribution in [0.1, 0.15) is 50.6 Å². The summed E-state index contributed by atoms with van der Waals surface area (Å²) >= 11 is 0. The molecular formula is C19H29N3O5S. The standard InChI is InChI=1S/C19H29N3O5S/c1-14(16-7-8-18(20-16)27-12-15-5-6-15)13-28(25,26)10-4-2-3-9-22-11-17(23)21-19(22)24/h7-8,14-15,20H,2-6,9-13H2,1H3,(H,21,23,24). The quantitative estimate of drug-likeness (QED) is 0.404. The zero-order valence-electron chi connectivity index (χ0n) is 16.3. The van der Waals surface area contributed by atoms with E-state index < -0.39 is 9.84 Å². The number of rotatable bonds is 12. The predicted molar refractivity (Wildman–Crippen MR) is 105 cm³/mol. The SMILES string of the molecule is CC(CS(=O)(=O)CCCCCN1CC(=O)NC1=O)c1ccc(OCC2CC2)[nH]1. The Bertz CT molecular complexity index is 800. The van der Waals surface area contributed by atoms with Gasteiger partial charge in [-0.3, -0.25) is 10.1 Å². The monoisotopic (exact) mass is 411 g/mol. The highest BCUT2D eigenvalue weighted by molar-refractivity contribution is 7.91. The molecule has 2 heterocycles. The number of hydrogen-bond donors (Lipinski definition) is 2. The first-order valence-electron chi connectivity index (χ1n) is 9.93. The van der Waals surface area contributed by atoms with E-state index in [1.54, 1.807) is 0 Å². The molecule has 1 aromatic rings. The molecule has 1 saturated carbocycles. The minimum absolute atomic E-state index is 0.0944. The number of aromatic nitrogens is 1. The predicted octanol–water partition coefficient (Wildman–Crippen LogP) is 2.04. The lowest BCUT2D eigenvalue weighted by atomic mass is 10.1. The number of urea groups is 1. The van der Waals surface area contributed by atoms with Crippen molar-refractivity contribution in [1.29, 1.82) is 0 Å². The van der Waals surface area contributed by atoms with Crippen molar-refractivity contribution in [3.8, 4) is 5.88 Å². The van der Waals surface area contributed by atoms with Crippen molar-refractivity contribution in [2.75, 3.05) is 31.2 Å². The molecule has 156 valence electrons. The molecule has 0 bridgehead atoms. The van der Waals surface area contributed by atoms with Gasteiger partial charge < -0.3 is 14.6 Å². The van der Waals surface area contributed by atoms with E-state index in [0.717, 1.165) is 12.3 Å². The number of nitrogens with zero attached hydrogens (tertiary/aromatic N) is 1. The van der Waals surface area contributed by atoms with Crippen molar-refractivity contribution < 1.29 is 22.7 Å². The van der Waals surface area contributed by atoms with Gasteiger partial charge in [0, 0.05) is 18.2 Å². The average molecular weight is 412 g/mol. The van der Waals surface area contributed by atoms with E-state index in [-0.39, 0.29) is 35.9 Å². The zero-order chi connectivity index (χ0) is 20.1. The topological polar surface area (TPSA) is 109 Å². The fourth-order valence-corrected chi connectivity index (χ4v) is 5.03. The number of aromatic amines is 1. The van der Waals surface area contributed by atoms with Gasteiger partial charge in [-0.2, -0.15) is 0 Å². The number of amides is 3. The Morgan fingerprint density at radius 2 is 2.00 bits per heavy atom. The molecule has 1 saturated heterocycles. The molecule has 8 nitrogen and oxygen atoms in total. The summed E-state index contributed by atoms with van der Waals surface area (Å²) in [5, 5.41) is 2.23. The summed E-state index contributed by atoms with van der Waals surface area (Å²) in [6.45, 7) is 3.19. The van der Waals surface area contributed by atoms with Gasteiger partial charge in [-0.25, -0.2) is 13.2 Å². The van der Waals surface area contributed by atoms with Gasteiger partial charge in [0.05, 0.1) is 18.1 Å². The Balaban J connectivity index is 1.34. The second kappa shape index (κ2) is 8.98. The van der Waals surface area contributed by atoms with E-state index in [9.17, 15) is 18.0 Å². The summed E-state index contributed by atoms with van der Waals surface area (Å²) in [5.74, 6) is 1.20. The molecule has 1 aliphatic carbocycles. The van der Waals surface area contributed by atoms with E-state index >= 15 is 0 Å². The van der Waals surface area contributed by atoms with Crippen molar-refractivity contribution in [3.05, 3.63) is 17.8 Å². The Kier molecular flexibility index (Phi) is 6.64. The molecule has 3 amide bonds. The molecule has 1 unspecified atom stereocenters. The Hall–Kier alpha value is -2.03. The molecule has 9 heteroatoms. The zero-order valence-corrected chi connectivity index (χ0v) is 17.1. The molecule has 1 atom stereocenters. The highest BCUT2D eigenvalue weighted by Crippen LogP contribution is 2.29. The smallest absolute Gasteiger partial charge is 0.324 e. The van der Waals surface area contributed by atoms with Crippen LogP contribution in [0, 0.1) is 5.92 Å². The highest BCUT2D eigenvalue weighted by Gasteiger charge is 2.26. The minimum atomic E-state index is -3.16. The van der Waals surface area contributed by atoms with Crippen LogP contribution in [0.4, 0.5) is 4.79 Å². The fraction of sp³-hybridized carbons (Fsp3) is 0.684. The first kappa shape index (κ1) is 20.7. The van der Waals surface area contributed by atoms with Gasteiger partial charge in [0.1, 0.15) is 6.54 Å². The number of hydrogen-bond acceptors (Lipinski definition) is 5. The van der Waals surface area contributed by atoms with Crippen molar-refractivity contribution in [2.24, 2.45) is 5.92 Å². The third-order valence-corrected chi connectivity index (χ3v) is 7.06. The molecule has 0 radical (unpaired) electrons. The van der Waals surface area contributed by atoms with Crippen LogP contribution in [0.25, 0.3) is 0 Å². The maximum atomic E-state index is 12.4. The molecule has 2 fully saturated rings. The first-order chi connectivity index (χ1) is 13.3. The van der Waals surface area contributed by atoms with E-state index in [4.69, 9.17) is 4.74 Å². The third-order valence-electron chi connectivity index (χ3n) is 5.14. The molecule has 2 N–H and O–H groups in total. The van der Waals surface area contributed by atoms with Crippen LogP contribution < -0.4 is 10.1 Å². The number of unbranched alkanes of at least 4 members (excludes halogenated alkanes) is 2. The molecule has 0 spiro atoms. The largest absolute Gasteiger partial charge is 0.479 e. The molecular weight excluding hydrogens is 382 g/mol.